The van der Waals surface area contributed by atoms with E-state index in [1.807, 2.05) is 0 Å². The van der Waals surface area contributed by atoms with E-state index in [0.29, 0.717) is 5.56 Å². The van der Waals surface area contributed by atoms with Gasteiger partial charge in [0.15, 0.2) is 0 Å². The van der Waals surface area contributed by atoms with Gasteiger partial charge in [0.1, 0.15) is 5.75 Å². The highest BCUT2D eigenvalue weighted by Gasteiger charge is 2.23. The Balaban J connectivity index is 2.38. The summed E-state index contributed by atoms with van der Waals surface area (Å²) in [5.74, 6) is -0.650. The summed E-state index contributed by atoms with van der Waals surface area (Å²) in [5.41, 5.74) is -0.911. The molecule has 166 valence electrons. The van der Waals surface area contributed by atoms with Gasteiger partial charge in [-0.15, -0.1) is 0 Å². The molecule has 0 heterocycles. The van der Waals surface area contributed by atoms with E-state index in [4.69, 9.17) is 8.92 Å². The summed E-state index contributed by atoms with van der Waals surface area (Å²) in [4.78, 5) is 34.9. The first-order valence-electron chi connectivity index (χ1n) is 8.70. The zero-order chi connectivity index (χ0) is 23.2. The fourth-order valence-electron chi connectivity index (χ4n) is 2.66. The minimum atomic E-state index is -3.75. The van der Waals surface area contributed by atoms with E-state index in [1.165, 1.54) is 30.2 Å². The van der Waals surface area contributed by atoms with E-state index >= 15 is 0 Å². The van der Waals surface area contributed by atoms with Crippen molar-refractivity contribution < 1.29 is 32.0 Å². The molecule has 1 amide bonds. The number of nitrogens with zero attached hydrogens (tertiary/aromatic N) is 3. The summed E-state index contributed by atoms with van der Waals surface area (Å²) in [6.07, 6.45) is 0.892. The maximum Gasteiger partial charge on any atom is 0.306 e. The van der Waals surface area contributed by atoms with E-state index in [9.17, 15) is 33.4 Å². The van der Waals surface area contributed by atoms with Gasteiger partial charge in [-0.05, 0) is 17.7 Å². The molecule has 0 saturated carbocycles. The number of nitro benzene ring substituents is 2. The summed E-state index contributed by atoms with van der Waals surface area (Å²) in [7, 11) is -2.33. The molecule has 2 aromatic rings. The third-order valence-electron chi connectivity index (χ3n) is 3.94. The molecule has 0 fully saturated rings. The van der Waals surface area contributed by atoms with Crippen molar-refractivity contribution in [3.8, 4) is 5.75 Å². The highest BCUT2D eigenvalue weighted by molar-refractivity contribution is 7.86. The number of non-ortho nitro benzene ring substituents is 2. The lowest BCUT2D eigenvalue weighted by atomic mass is 10.1. The Hall–Kier alpha value is -3.58. The number of carbonyl (C=O) groups excluding carboxylic acids is 1. The van der Waals surface area contributed by atoms with Crippen molar-refractivity contribution in [3.63, 3.8) is 0 Å². The summed E-state index contributed by atoms with van der Waals surface area (Å²) in [6, 6.07) is 8.68. The van der Waals surface area contributed by atoms with Crippen LogP contribution in [-0.4, -0.2) is 55.6 Å². The van der Waals surface area contributed by atoms with Gasteiger partial charge < -0.3 is 13.8 Å². The summed E-state index contributed by atoms with van der Waals surface area (Å²) in [6.45, 7) is 0.172. The van der Waals surface area contributed by atoms with Crippen molar-refractivity contribution in [1.29, 1.82) is 0 Å². The SMILES string of the molecule is COCCN(Cc1cccc(OS(C)(=O)=O)c1)C(=O)c1cc([N+](=O)[O-])cc([N+](=O)[O-])c1. The first-order valence-corrected chi connectivity index (χ1v) is 10.5. The predicted octanol–water partition coefficient (Wildman–Crippen LogP) is 2.13. The van der Waals surface area contributed by atoms with Crippen LogP contribution < -0.4 is 4.18 Å². The number of carbonyl (C=O) groups is 1. The Bertz CT molecular complexity index is 1070. The van der Waals surface area contributed by atoms with Gasteiger partial charge in [-0.2, -0.15) is 8.42 Å². The highest BCUT2D eigenvalue weighted by atomic mass is 32.2. The summed E-state index contributed by atoms with van der Waals surface area (Å²) < 4.78 is 32.5. The molecule has 0 aliphatic heterocycles. The van der Waals surface area contributed by atoms with E-state index in [-0.39, 0.29) is 31.0 Å². The fourth-order valence-corrected chi connectivity index (χ4v) is 3.11. The summed E-state index contributed by atoms with van der Waals surface area (Å²) in [5, 5.41) is 22.2. The number of hydrogen-bond donors (Lipinski definition) is 0. The molecule has 0 aromatic heterocycles. The van der Waals surface area contributed by atoms with Crippen molar-refractivity contribution in [2.24, 2.45) is 0 Å². The van der Waals surface area contributed by atoms with Gasteiger partial charge in [-0.3, -0.25) is 25.0 Å². The number of benzene rings is 2. The quantitative estimate of drug-likeness (QED) is 0.298. The molecule has 0 atom stereocenters. The third-order valence-corrected chi connectivity index (χ3v) is 4.44. The molecule has 31 heavy (non-hydrogen) atoms. The average Bonchev–Trinajstić information content (AvgIpc) is 2.69. The molecule has 2 rings (SSSR count). The Kier molecular flexibility index (Phi) is 7.61. The molecule has 13 heteroatoms. The number of ether oxygens (including phenoxy) is 1. The Morgan fingerprint density at radius 3 is 2.19 bits per heavy atom. The number of rotatable bonds is 10. The topological polar surface area (TPSA) is 159 Å². The molecule has 0 aliphatic carbocycles. The molecule has 0 radical (unpaired) electrons. The Labute approximate surface area is 177 Å². The molecule has 2 aromatic carbocycles. The van der Waals surface area contributed by atoms with Crippen LogP contribution in [0.15, 0.2) is 42.5 Å². The second-order valence-electron chi connectivity index (χ2n) is 6.41. The molecular formula is C18H19N3O9S. The Morgan fingerprint density at radius 1 is 1.06 bits per heavy atom. The smallest absolute Gasteiger partial charge is 0.306 e. The van der Waals surface area contributed by atoms with Crippen molar-refractivity contribution in [3.05, 3.63) is 73.8 Å². The van der Waals surface area contributed by atoms with Crippen molar-refractivity contribution >= 4 is 27.4 Å². The molecule has 0 spiro atoms. The van der Waals surface area contributed by atoms with Gasteiger partial charge in [0, 0.05) is 32.3 Å². The monoisotopic (exact) mass is 453 g/mol. The van der Waals surface area contributed by atoms with Crippen LogP contribution in [0.2, 0.25) is 0 Å². The van der Waals surface area contributed by atoms with Crippen LogP contribution in [0.25, 0.3) is 0 Å². The zero-order valence-electron chi connectivity index (χ0n) is 16.6. The van der Waals surface area contributed by atoms with Crippen LogP contribution in [0.1, 0.15) is 15.9 Å². The van der Waals surface area contributed by atoms with Crippen LogP contribution >= 0.6 is 0 Å². The summed E-state index contributed by atoms with van der Waals surface area (Å²) >= 11 is 0. The molecule has 0 saturated heterocycles. The normalized spacial score (nSPS) is 11.0. The Morgan fingerprint density at radius 2 is 1.68 bits per heavy atom. The first kappa shape index (κ1) is 23.7. The molecule has 0 bridgehead atoms. The second-order valence-corrected chi connectivity index (χ2v) is 7.98. The van der Waals surface area contributed by atoms with Gasteiger partial charge in [0.25, 0.3) is 17.3 Å². The lowest BCUT2D eigenvalue weighted by molar-refractivity contribution is -0.394. The van der Waals surface area contributed by atoms with E-state index in [1.54, 1.807) is 6.07 Å². The maximum absolute atomic E-state index is 13.0. The number of amides is 1. The van der Waals surface area contributed by atoms with Crippen molar-refractivity contribution in [2.75, 3.05) is 26.5 Å². The van der Waals surface area contributed by atoms with Crippen LogP contribution in [-0.2, 0) is 21.4 Å². The number of nitro groups is 2. The highest BCUT2D eigenvalue weighted by Crippen LogP contribution is 2.24. The maximum atomic E-state index is 13.0. The van der Waals surface area contributed by atoms with Gasteiger partial charge in [0.2, 0.25) is 0 Å². The fraction of sp³-hybridized carbons (Fsp3) is 0.278. The lowest BCUT2D eigenvalue weighted by Gasteiger charge is -2.23. The molecule has 0 aliphatic rings. The van der Waals surface area contributed by atoms with Crippen LogP contribution in [0, 0.1) is 20.2 Å². The van der Waals surface area contributed by atoms with Crippen LogP contribution in [0.3, 0.4) is 0 Å². The third kappa shape index (κ3) is 7.01. The minimum absolute atomic E-state index is 0.0281. The first-order chi connectivity index (χ1) is 14.5. The number of methoxy groups -OCH3 is 1. The molecular weight excluding hydrogens is 434 g/mol. The number of hydrogen-bond acceptors (Lipinski definition) is 9. The van der Waals surface area contributed by atoms with E-state index in [2.05, 4.69) is 0 Å². The predicted molar refractivity (Wildman–Crippen MR) is 108 cm³/mol. The second kappa shape index (κ2) is 9.95. The van der Waals surface area contributed by atoms with E-state index in [0.717, 1.165) is 24.5 Å². The van der Waals surface area contributed by atoms with Gasteiger partial charge in [0.05, 0.1) is 34.3 Å². The molecule has 12 nitrogen and oxygen atoms in total. The lowest BCUT2D eigenvalue weighted by Crippen LogP contribution is -2.33. The largest absolute Gasteiger partial charge is 0.383 e. The van der Waals surface area contributed by atoms with Gasteiger partial charge in [-0.1, -0.05) is 12.1 Å². The standard InChI is InChI=1S/C18H19N3O9S/c1-29-7-6-19(12-13-4-3-5-17(8-13)30-31(2,27)28)18(22)14-9-15(20(23)24)11-16(10-14)21(25)26/h3-5,8-11H,6-7,12H2,1-2H3. The van der Waals surface area contributed by atoms with Gasteiger partial charge in [-0.25, -0.2) is 0 Å². The van der Waals surface area contributed by atoms with Crippen molar-refractivity contribution in [1.82, 2.24) is 4.90 Å². The average molecular weight is 453 g/mol. The van der Waals surface area contributed by atoms with Gasteiger partial charge >= 0.3 is 10.1 Å². The molecule has 0 unspecified atom stereocenters. The zero-order valence-corrected chi connectivity index (χ0v) is 17.4. The van der Waals surface area contributed by atoms with Crippen molar-refractivity contribution in [2.45, 2.75) is 6.54 Å². The minimum Gasteiger partial charge on any atom is -0.383 e. The van der Waals surface area contributed by atoms with Crippen LogP contribution in [0.4, 0.5) is 11.4 Å². The van der Waals surface area contributed by atoms with Crippen LogP contribution in [0.5, 0.6) is 5.75 Å². The molecule has 0 N–H and O–H groups in total. The van der Waals surface area contributed by atoms with E-state index < -0.39 is 37.2 Å².